The van der Waals surface area contributed by atoms with Gasteiger partial charge in [0.25, 0.3) is 0 Å². The zero-order valence-electron chi connectivity index (χ0n) is 30.8. The summed E-state index contributed by atoms with van der Waals surface area (Å²) in [6, 6.07) is 60.0. The van der Waals surface area contributed by atoms with Crippen LogP contribution in [0.15, 0.2) is 175 Å². The smallest absolute Gasteiger partial charge is 0.0723 e. The maximum absolute atomic E-state index is 2.59. The highest BCUT2D eigenvalue weighted by atomic mass is 15.0. The Morgan fingerprint density at radius 2 is 1.20 bits per heavy atom. The Labute approximate surface area is 316 Å². The molecule has 0 fully saturated rings. The lowest BCUT2D eigenvalue weighted by Crippen LogP contribution is -2.38. The first-order valence-electron chi connectivity index (χ1n) is 19.5. The summed E-state index contributed by atoms with van der Waals surface area (Å²) in [4.78, 5) is 0. The summed E-state index contributed by atoms with van der Waals surface area (Å²) in [5.41, 5.74) is 21.3. The SMILES string of the molecule is CC1C=CC2=C(C1c1ccc3c(c1)C(C)(C)c1cc(-c4ccccc4)ccc1-3)C1(c3ccccc32)c2ccccc2-n2c3ccccc3c3cccc1c32. The number of allylic oxidation sites excluding steroid dienone is 4. The molecular weight excluding hydrogens is 651 g/mol. The van der Waals surface area contributed by atoms with Crippen molar-refractivity contribution < 1.29 is 0 Å². The van der Waals surface area contributed by atoms with Crippen LogP contribution in [0.4, 0.5) is 0 Å². The zero-order chi connectivity index (χ0) is 35.9. The third-order valence-corrected chi connectivity index (χ3v) is 13.5. The Bertz CT molecular complexity index is 2990. The summed E-state index contributed by atoms with van der Waals surface area (Å²) >= 11 is 0. The highest BCUT2D eigenvalue weighted by Crippen LogP contribution is 2.65. The Balaban J connectivity index is 1.12. The molecule has 1 heteroatoms. The molecule has 8 aromatic rings. The van der Waals surface area contributed by atoms with Gasteiger partial charge < -0.3 is 4.57 Å². The van der Waals surface area contributed by atoms with Gasteiger partial charge in [-0.25, -0.2) is 0 Å². The number of benzene rings is 7. The van der Waals surface area contributed by atoms with Crippen LogP contribution in [0.25, 0.3) is 55.3 Å². The van der Waals surface area contributed by atoms with Crippen LogP contribution in [0.2, 0.25) is 0 Å². The normalized spacial score (nSPS) is 20.9. The van der Waals surface area contributed by atoms with Crippen molar-refractivity contribution in [3.05, 3.63) is 214 Å². The fourth-order valence-corrected chi connectivity index (χ4v) is 11.3. The lowest BCUT2D eigenvalue weighted by Gasteiger charge is -2.45. The van der Waals surface area contributed by atoms with E-state index in [1.165, 1.54) is 99.8 Å². The molecule has 54 heavy (non-hydrogen) atoms. The number of aromatic nitrogens is 1. The van der Waals surface area contributed by atoms with Crippen LogP contribution in [-0.4, -0.2) is 4.57 Å². The van der Waals surface area contributed by atoms with E-state index in [2.05, 4.69) is 195 Å². The summed E-state index contributed by atoms with van der Waals surface area (Å²) < 4.78 is 2.55. The van der Waals surface area contributed by atoms with Gasteiger partial charge in [-0.15, -0.1) is 0 Å². The second kappa shape index (κ2) is 10.5. The standard InChI is InChI=1S/C53H39N/c1-32-24-27-40-36-16-7-9-19-42(36)53(43-20-10-12-23-48(43)54-47-22-11-8-17-39(47)41-18-13-21-44(53)51(41)54)50(40)49(32)35-26-29-38-37-28-25-34(33-14-5-4-6-15-33)30-45(37)52(2,3)46(38)31-35/h4-32,49H,1-3H3. The monoisotopic (exact) mass is 689 g/mol. The summed E-state index contributed by atoms with van der Waals surface area (Å²) in [6.07, 6.45) is 4.93. The number of nitrogens with zero attached hydrogens (tertiary/aromatic N) is 1. The van der Waals surface area contributed by atoms with Gasteiger partial charge in [0, 0.05) is 22.1 Å². The van der Waals surface area contributed by atoms with E-state index in [0.29, 0.717) is 5.92 Å². The van der Waals surface area contributed by atoms with Crippen LogP contribution in [0, 0.1) is 5.92 Å². The Morgan fingerprint density at radius 1 is 0.519 bits per heavy atom. The minimum atomic E-state index is -0.446. The first-order valence-corrected chi connectivity index (χ1v) is 19.5. The van der Waals surface area contributed by atoms with Crippen molar-refractivity contribution in [3.8, 4) is 27.9 Å². The van der Waals surface area contributed by atoms with Crippen LogP contribution in [0.3, 0.4) is 0 Å². The van der Waals surface area contributed by atoms with E-state index < -0.39 is 5.41 Å². The lowest BCUT2D eigenvalue weighted by molar-refractivity contribution is 0.544. The van der Waals surface area contributed by atoms with Crippen molar-refractivity contribution in [2.24, 2.45) is 5.92 Å². The van der Waals surface area contributed by atoms with Gasteiger partial charge in [-0.3, -0.25) is 0 Å². The topological polar surface area (TPSA) is 4.93 Å². The predicted molar refractivity (Wildman–Crippen MR) is 225 cm³/mol. The molecule has 3 atom stereocenters. The van der Waals surface area contributed by atoms with E-state index in [4.69, 9.17) is 0 Å². The first kappa shape index (κ1) is 30.3. The largest absolute Gasteiger partial charge is 0.309 e. The van der Waals surface area contributed by atoms with Gasteiger partial charge in [0.2, 0.25) is 0 Å². The van der Waals surface area contributed by atoms with Gasteiger partial charge >= 0.3 is 0 Å². The third kappa shape index (κ3) is 3.60. The Hall–Kier alpha value is -6.18. The minimum absolute atomic E-state index is 0.128. The molecule has 2 heterocycles. The fraction of sp³-hybridized carbons (Fsp3) is 0.132. The summed E-state index contributed by atoms with van der Waals surface area (Å²) in [6.45, 7) is 7.29. The van der Waals surface area contributed by atoms with Crippen molar-refractivity contribution in [2.75, 3.05) is 0 Å². The van der Waals surface area contributed by atoms with Gasteiger partial charge in [0.15, 0.2) is 0 Å². The molecule has 3 aliphatic carbocycles. The molecule has 1 nitrogen and oxygen atoms in total. The maximum Gasteiger partial charge on any atom is 0.0723 e. The van der Waals surface area contributed by atoms with Crippen molar-refractivity contribution >= 4 is 27.4 Å². The lowest BCUT2D eigenvalue weighted by atomic mass is 9.59. The predicted octanol–water partition coefficient (Wildman–Crippen LogP) is 13.2. The highest BCUT2D eigenvalue weighted by Gasteiger charge is 2.55. The second-order valence-electron chi connectivity index (χ2n) is 16.4. The van der Waals surface area contributed by atoms with E-state index in [-0.39, 0.29) is 11.3 Å². The zero-order valence-corrected chi connectivity index (χ0v) is 30.8. The number of fused-ring (bicyclic) bond motifs is 14. The molecule has 3 unspecified atom stereocenters. The van der Waals surface area contributed by atoms with Crippen molar-refractivity contribution in [1.29, 1.82) is 0 Å². The molecule has 1 aromatic heterocycles. The summed E-state index contributed by atoms with van der Waals surface area (Å²) in [5.74, 6) is 0.491. The fourth-order valence-electron chi connectivity index (χ4n) is 11.3. The maximum atomic E-state index is 2.59. The molecule has 4 aliphatic rings. The minimum Gasteiger partial charge on any atom is -0.309 e. The quantitative estimate of drug-likeness (QED) is 0.170. The van der Waals surface area contributed by atoms with Gasteiger partial charge in [0.1, 0.15) is 0 Å². The van der Waals surface area contributed by atoms with Crippen LogP contribution in [0.1, 0.15) is 65.6 Å². The van der Waals surface area contributed by atoms with E-state index in [1.807, 2.05) is 0 Å². The molecule has 1 spiro atoms. The summed E-state index contributed by atoms with van der Waals surface area (Å²) in [7, 11) is 0. The van der Waals surface area contributed by atoms with Crippen molar-refractivity contribution in [3.63, 3.8) is 0 Å². The Morgan fingerprint density at radius 3 is 2.07 bits per heavy atom. The van der Waals surface area contributed by atoms with Crippen molar-refractivity contribution in [1.82, 2.24) is 4.57 Å². The molecule has 0 N–H and O–H groups in total. The molecule has 1 aliphatic heterocycles. The van der Waals surface area contributed by atoms with Crippen LogP contribution < -0.4 is 0 Å². The Kier molecular flexibility index (Phi) is 5.88. The van der Waals surface area contributed by atoms with Crippen LogP contribution in [0.5, 0.6) is 0 Å². The molecule has 7 aromatic carbocycles. The number of hydrogen-bond acceptors (Lipinski definition) is 0. The van der Waals surface area contributed by atoms with Crippen LogP contribution in [-0.2, 0) is 10.8 Å². The molecular formula is C53H39N. The van der Waals surface area contributed by atoms with E-state index >= 15 is 0 Å². The highest BCUT2D eigenvalue weighted by molar-refractivity contribution is 6.13. The third-order valence-electron chi connectivity index (χ3n) is 13.5. The van der Waals surface area contributed by atoms with Gasteiger partial charge in [-0.2, -0.15) is 0 Å². The molecule has 256 valence electrons. The molecule has 0 radical (unpaired) electrons. The molecule has 0 saturated heterocycles. The summed E-state index contributed by atoms with van der Waals surface area (Å²) in [5, 5.41) is 2.64. The van der Waals surface area contributed by atoms with Gasteiger partial charge in [0.05, 0.1) is 22.1 Å². The van der Waals surface area contributed by atoms with Gasteiger partial charge in [-0.05, 0) is 96.5 Å². The first-order chi connectivity index (χ1) is 26.5. The molecule has 0 saturated carbocycles. The van der Waals surface area contributed by atoms with Crippen LogP contribution >= 0.6 is 0 Å². The number of para-hydroxylation sites is 3. The van der Waals surface area contributed by atoms with Crippen molar-refractivity contribution in [2.45, 2.75) is 37.5 Å². The molecule has 0 amide bonds. The molecule has 0 bridgehead atoms. The number of hydrogen-bond donors (Lipinski definition) is 0. The second-order valence-corrected chi connectivity index (χ2v) is 16.4. The number of rotatable bonds is 2. The van der Waals surface area contributed by atoms with E-state index in [0.717, 1.165) is 0 Å². The average molecular weight is 690 g/mol. The molecule has 12 rings (SSSR count). The van der Waals surface area contributed by atoms with E-state index in [1.54, 1.807) is 0 Å². The average Bonchev–Trinajstić information content (AvgIpc) is 3.79. The van der Waals surface area contributed by atoms with E-state index in [9.17, 15) is 0 Å². The van der Waals surface area contributed by atoms with Gasteiger partial charge in [-0.1, -0.05) is 172 Å².